The zero-order valence-corrected chi connectivity index (χ0v) is 14.4. The van der Waals surface area contributed by atoms with E-state index in [1.165, 1.54) is 6.07 Å². The molecule has 0 aliphatic rings. The second kappa shape index (κ2) is 6.62. The van der Waals surface area contributed by atoms with Gasteiger partial charge in [-0.15, -0.1) is 23.7 Å². The zero-order chi connectivity index (χ0) is 16.7. The highest BCUT2D eigenvalue weighted by atomic mass is 35.5. The Morgan fingerprint density at radius 3 is 2.48 bits per heavy atom. The first-order valence-electron chi connectivity index (χ1n) is 6.55. The van der Waals surface area contributed by atoms with E-state index in [1.54, 1.807) is 20.8 Å². The number of aromatic nitrogens is 1. The van der Waals surface area contributed by atoms with Gasteiger partial charge in [-0.3, -0.25) is 4.79 Å². The van der Waals surface area contributed by atoms with Crippen molar-refractivity contribution in [2.75, 3.05) is 6.54 Å². The Kier molecular flexibility index (Phi) is 5.66. The molecule has 2 heterocycles. The Morgan fingerprint density at radius 2 is 1.96 bits per heavy atom. The van der Waals surface area contributed by atoms with Crippen molar-refractivity contribution in [1.29, 1.82) is 0 Å². The van der Waals surface area contributed by atoms with Crippen molar-refractivity contribution in [3.8, 4) is 0 Å². The van der Waals surface area contributed by atoms with E-state index in [0.29, 0.717) is 15.8 Å². The molecule has 0 saturated carbocycles. The third-order valence-corrected chi connectivity index (χ3v) is 4.46. The summed E-state index contributed by atoms with van der Waals surface area (Å²) in [6, 6.07) is 2.27. The van der Waals surface area contributed by atoms with Crippen molar-refractivity contribution in [3.05, 3.63) is 28.3 Å². The fourth-order valence-electron chi connectivity index (χ4n) is 1.89. The highest BCUT2D eigenvalue weighted by molar-refractivity contribution is 7.20. The van der Waals surface area contributed by atoms with Crippen LogP contribution in [0.4, 0.5) is 13.2 Å². The normalized spacial score (nSPS) is 12.1. The van der Waals surface area contributed by atoms with Crippen molar-refractivity contribution in [3.63, 3.8) is 0 Å². The van der Waals surface area contributed by atoms with Crippen molar-refractivity contribution in [2.45, 2.75) is 32.5 Å². The summed E-state index contributed by atoms with van der Waals surface area (Å²) in [6.45, 7) is 5.48. The van der Waals surface area contributed by atoms with E-state index in [-0.39, 0.29) is 29.7 Å². The summed E-state index contributed by atoms with van der Waals surface area (Å²) in [5.41, 5.74) is 4.63. The molecule has 0 fully saturated rings. The van der Waals surface area contributed by atoms with E-state index in [9.17, 15) is 18.0 Å². The highest BCUT2D eigenvalue weighted by Gasteiger charge is 2.33. The molecule has 3 N–H and O–H groups in total. The van der Waals surface area contributed by atoms with Crippen LogP contribution in [0.2, 0.25) is 0 Å². The number of carbonyl (C=O) groups is 1. The van der Waals surface area contributed by atoms with Gasteiger partial charge in [-0.05, 0) is 38.5 Å². The minimum atomic E-state index is -4.50. The highest BCUT2D eigenvalue weighted by Crippen LogP contribution is 2.34. The molecule has 0 spiro atoms. The van der Waals surface area contributed by atoms with Crippen molar-refractivity contribution in [1.82, 2.24) is 10.3 Å². The SMILES string of the molecule is Cc1c(C(=O)NC(C)(C)CN)sc2nc(C(F)(F)F)ccc12.Cl. The summed E-state index contributed by atoms with van der Waals surface area (Å²) in [7, 11) is 0. The number of nitrogens with two attached hydrogens (primary N) is 1. The molecule has 0 radical (unpaired) electrons. The van der Waals surface area contributed by atoms with Gasteiger partial charge in [0.1, 0.15) is 10.5 Å². The summed E-state index contributed by atoms with van der Waals surface area (Å²) in [4.78, 5) is 16.4. The van der Waals surface area contributed by atoms with E-state index in [2.05, 4.69) is 10.3 Å². The summed E-state index contributed by atoms with van der Waals surface area (Å²) in [5, 5.41) is 3.32. The van der Waals surface area contributed by atoms with Crippen molar-refractivity contribution in [2.24, 2.45) is 5.73 Å². The molecule has 9 heteroatoms. The Hall–Kier alpha value is -1.38. The van der Waals surface area contributed by atoms with Crippen LogP contribution in [0.5, 0.6) is 0 Å². The Labute approximate surface area is 141 Å². The lowest BCUT2D eigenvalue weighted by Gasteiger charge is -2.23. The molecule has 0 unspecified atom stereocenters. The number of pyridine rings is 1. The molecule has 4 nitrogen and oxygen atoms in total. The van der Waals surface area contributed by atoms with Gasteiger partial charge in [-0.1, -0.05) is 0 Å². The average Bonchev–Trinajstić information content (AvgIpc) is 2.74. The lowest BCUT2D eigenvalue weighted by Crippen LogP contribution is -2.48. The first-order valence-corrected chi connectivity index (χ1v) is 7.37. The number of thiophene rings is 1. The number of rotatable bonds is 3. The second-order valence-corrected chi connectivity index (χ2v) is 6.64. The van der Waals surface area contributed by atoms with Gasteiger partial charge in [0.15, 0.2) is 0 Å². The number of amides is 1. The minimum absolute atomic E-state index is 0. The van der Waals surface area contributed by atoms with Crippen LogP contribution in [0.25, 0.3) is 10.2 Å². The quantitative estimate of drug-likeness (QED) is 0.872. The number of aryl methyl sites for hydroxylation is 1. The van der Waals surface area contributed by atoms with E-state index >= 15 is 0 Å². The summed E-state index contributed by atoms with van der Waals surface area (Å²) < 4.78 is 38.1. The van der Waals surface area contributed by atoms with Crippen molar-refractivity contribution >= 4 is 39.9 Å². The van der Waals surface area contributed by atoms with Gasteiger partial charge in [-0.2, -0.15) is 13.2 Å². The lowest BCUT2D eigenvalue weighted by molar-refractivity contribution is -0.140. The molecule has 0 bridgehead atoms. The molecule has 0 atom stereocenters. The predicted octanol–water partition coefficient (Wildman–Crippen LogP) is 3.51. The number of fused-ring (bicyclic) bond motifs is 1. The number of halogens is 4. The van der Waals surface area contributed by atoms with E-state index in [0.717, 1.165) is 17.4 Å². The molecule has 0 aliphatic heterocycles. The third kappa shape index (κ3) is 4.13. The maximum Gasteiger partial charge on any atom is 0.433 e. The maximum atomic E-state index is 12.7. The van der Waals surface area contributed by atoms with Gasteiger partial charge in [0.2, 0.25) is 0 Å². The number of hydrogen-bond donors (Lipinski definition) is 2. The topological polar surface area (TPSA) is 68.0 Å². The third-order valence-electron chi connectivity index (χ3n) is 3.26. The summed E-state index contributed by atoms with van der Waals surface area (Å²) in [6.07, 6.45) is -4.50. The van der Waals surface area contributed by atoms with E-state index < -0.39 is 17.4 Å². The van der Waals surface area contributed by atoms with Crippen LogP contribution in [0.15, 0.2) is 12.1 Å². The van der Waals surface area contributed by atoms with Gasteiger partial charge in [0.05, 0.1) is 4.88 Å². The number of alkyl halides is 3. The number of nitrogens with zero attached hydrogens (tertiary/aromatic N) is 1. The van der Waals surface area contributed by atoms with Crippen LogP contribution < -0.4 is 11.1 Å². The molecule has 1 amide bonds. The fraction of sp³-hybridized carbons (Fsp3) is 0.429. The zero-order valence-electron chi connectivity index (χ0n) is 12.7. The summed E-state index contributed by atoms with van der Waals surface area (Å²) >= 11 is 0.949. The average molecular weight is 368 g/mol. The minimum Gasteiger partial charge on any atom is -0.345 e. The first kappa shape index (κ1) is 19.7. The monoisotopic (exact) mass is 367 g/mol. The van der Waals surface area contributed by atoms with Gasteiger partial charge in [-0.25, -0.2) is 4.98 Å². The number of hydrogen-bond acceptors (Lipinski definition) is 4. The Bertz CT molecular complexity index is 728. The molecule has 2 rings (SSSR count). The van der Waals surface area contributed by atoms with Crippen LogP contribution in [0, 0.1) is 6.92 Å². The van der Waals surface area contributed by atoms with Crippen LogP contribution in [-0.4, -0.2) is 23.0 Å². The van der Waals surface area contributed by atoms with Crippen molar-refractivity contribution < 1.29 is 18.0 Å². The van der Waals surface area contributed by atoms with Gasteiger partial charge >= 0.3 is 6.18 Å². The van der Waals surface area contributed by atoms with E-state index in [1.807, 2.05) is 0 Å². The van der Waals surface area contributed by atoms with Gasteiger partial charge in [0, 0.05) is 17.5 Å². The van der Waals surface area contributed by atoms with E-state index in [4.69, 9.17) is 5.73 Å². The predicted molar refractivity (Wildman–Crippen MR) is 87.2 cm³/mol. The standard InChI is InChI=1S/C14H16F3N3OS.ClH/c1-7-8-4-5-9(14(15,16)17)19-12(8)22-10(7)11(21)20-13(2,3)6-18;/h4-5H,6,18H2,1-3H3,(H,20,21);1H. The number of nitrogens with one attached hydrogen (secondary N) is 1. The summed E-state index contributed by atoms with van der Waals surface area (Å²) in [5.74, 6) is -0.357. The van der Waals surface area contributed by atoms with Gasteiger partial charge in [0.25, 0.3) is 5.91 Å². The molecular formula is C14H17ClF3N3OS. The fourth-order valence-corrected chi connectivity index (χ4v) is 2.96. The van der Waals surface area contributed by atoms with Gasteiger partial charge < -0.3 is 11.1 Å². The Morgan fingerprint density at radius 1 is 1.35 bits per heavy atom. The largest absolute Gasteiger partial charge is 0.433 e. The number of carbonyl (C=O) groups excluding carboxylic acids is 1. The molecule has 0 saturated heterocycles. The molecule has 2 aromatic heterocycles. The smallest absolute Gasteiger partial charge is 0.345 e. The van der Waals surface area contributed by atoms with Crippen LogP contribution >= 0.6 is 23.7 Å². The molecular weight excluding hydrogens is 351 g/mol. The first-order chi connectivity index (χ1) is 10.0. The van der Waals surface area contributed by atoms with Crippen LogP contribution in [-0.2, 0) is 6.18 Å². The Balaban J connectivity index is 0.00000264. The molecule has 23 heavy (non-hydrogen) atoms. The second-order valence-electron chi connectivity index (χ2n) is 5.65. The maximum absolute atomic E-state index is 12.7. The molecule has 0 aromatic carbocycles. The lowest BCUT2D eigenvalue weighted by atomic mass is 10.1. The molecule has 128 valence electrons. The van der Waals surface area contributed by atoms with Crippen LogP contribution in [0.3, 0.4) is 0 Å². The molecule has 0 aliphatic carbocycles. The van der Waals surface area contributed by atoms with Crippen LogP contribution in [0.1, 0.15) is 34.8 Å². The molecule has 2 aromatic rings.